The monoisotopic (exact) mass is 896 g/mol. The van der Waals surface area contributed by atoms with E-state index in [1.54, 1.807) is 0 Å². The minimum absolute atomic E-state index is 0.219. The Morgan fingerprint density at radius 1 is 0.585 bits per heavy atom. The number of halogens is 2. The molecule has 5 N–H and O–H groups in total. The first-order chi connectivity index (χ1) is 31.8. The van der Waals surface area contributed by atoms with Crippen molar-refractivity contribution >= 4 is 118 Å². The van der Waals surface area contributed by atoms with Gasteiger partial charge < -0.3 is 20.2 Å². The van der Waals surface area contributed by atoms with Crippen molar-refractivity contribution in [2.75, 3.05) is 0 Å². The van der Waals surface area contributed by atoms with E-state index < -0.39 is 0 Å². The highest BCUT2D eigenvalue weighted by Crippen LogP contribution is 2.36. The van der Waals surface area contributed by atoms with Gasteiger partial charge in [-0.3, -0.25) is 24.4 Å². The summed E-state index contributed by atoms with van der Waals surface area (Å²) in [4.78, 5) is 52.7. The van der Waals surface area contributed by atoms with Crippen molar-refractivity contribution in [2.45, 2.75) is 45.1 Å². The molecule has 0 bridgehead atoms. The van der Waals surface area contributed by atoms with Crippen molar-refractivity contribution in [2.24, 2.45) is 5.16 Å². The van der Waals surface area contributed by atoms with Gasteiger partial charge in [-0.05, 0) is 67.3 Å². The van der Waals surface area contributed by atoms with Crippen molar-refractivity contribution in [3.8, 4) is 0 Å². The highest BCUT2D eigenvalue weighted by atomic mass is 35.5. The predicted octanol–water partition coefficient (Wildman–Crippen LogP) is 11.8. The zero-order valence-electron chi connectivity index (χ0n) is 34.6. The third-order valence-electron chi connectivity index (χ3n) is 12.3. The number of pyridine rings is 3. The van der Waals surface area contributed by atoms with Crippen LogP contribution in [0.25, 0.3) is 77.2 Å². The lowest BCUT2D eigenvalue weighted by Crippen LogP contribution is -2.29. The fourth-order valence-corrected chi connectivity index (χ4v) is 9.63. The molecule has 6 aromatic heterocycles. The molecular formula is C51H38Cl2N8O4. The van der Waals surface area contributed by atoms with Gasteiger partial charge in [0, 0.05) is 84.9 Å². The second kappa shape index (κ2) is 16.6. The Bertz CT molecular complexity index is 3630. The molecule has 0 fully saturated rings. The number of aromatic nitrogens is 6. The number of nitrogens with zero attached hydrogens (tertiary/aromatic N) is 4. The van der Waals surface area contributed by atoms with Gasteiger partial charge >= 0.3 is 0 Å². The van der Waals surface area contributed by atoms with Gasteiger partial charge in [-0.15, -0.1) is 0 Å². The lowest BCUT2D eigenvalue weighted by atomic mass is 9.93. The van der Waals surface area contributed by atoms with Gasteiger partial charge in [0.1, 0.15) is 16.9 Å². The number of amides is 1. The second-order valence-electron chi connectivity index (χ2n) is 16.3. The zero-order valence-corrected chi connectivity index (χ0v) is 36.1. The molecular weight excluding hydrogens is 860 g/mol. The van der Waals surface area contributed by atoms with Crippen molar-refractivity contribution < 1.29 is 19.6 Å². The van der Waals surface area contributed by atoms with Crippen LogP contribution in [0.15, 0.2) is 109 Å². The Morgan fingerprint density at radius 3 is 1.78 bits per heavy atom. The molecule has 14 heteroatoms. The first-order valence-electron chi connectivity index (χ1n) is 21.3. The highest BCUT2D eigenvalue weighted by Gasteiger charge is 2.26. The van der Waals surface area contributed by atoms with Gasteiger partial charge in [0.2, 0.25) is 0 Å². The number of ketones is 1. The maximum absolute atomic E-state index is 12.1. The van der Waals surface area contributed by atoms with Gasteiger partial charge in [-0.2, -0.15) is 0 Å². The molecule has 320 valence electrons. The van der Waals surface area contributed by atoms with Crippen LogP contribution in [0.2, 0.25) is 10.3 Å². The Morgan fingerprint density at radius 2 is 1.14 bits per heavy atom. The normalized spacial score (nSPS) is 15.3. The molecule has 0 unspecified atom stereocenters. The molecule has 0 radical (unpaired) electrons. The Balaban J connectivity index is 0.000000110. The second-order valence-corrected chi connectivity index (χ2v) is 17.1. The quantitative estimate of drug-likeness (QED) is 0.0652. The van der Waals surface area contributed by atoms with E-state index in [4.69, 9.17) is 33.0 Å². The number of hydrogen-bond acceptors (Lipinski definition) is 8. The number of nitrogens with one attached hydrogen (secondary N) is 4. The number of aryl methyl sites for hydroxylation is 2. The predicted molar refractivity (Wildman–Crippen MR) is 257 cm³/mol. The van der Waals surface area contributed by atoms with Gasteiger partial charge in [-0.1, -0.05) is 101 Å². The Kier molecular flexibility index (Phi) is 10.3. The molecule has 65 heavy (non-hydrogen) atoms. The van der Waals surface area contributed by atoms with Crippen LogP contribution >= 0.6 is 23.2 Å². The van der Waals surface area contributed by atoms with Gasteiger partial charge in [0.05, 0.1) is 44.9 Å². The number of aromatic amines is 3. The maximum atomic E-state index is 12.1. The molecule has 0 atom stereocenters. The highest BCUT2D eigenvalue weighted by molar-refractivity contribution is 6.31. The summed E-state index contributed by atoms with van der Waals surface area (Å²) in [7, 11) is 0. The summed E-state index contributed by atoms with van der Waals surface area (Å²) in [6.45, 7) is 0.289. The minimum Gasteiger partial charge on any atom is -0.411 e. The van der Waals surface area contributed by atoms with E-state index in [9.17, 15) is 14.8 Å². The Hall–Kier alpha value is -7.38. The van der Waals surface area contributed by atoms with Gasteiger partial charge in [0.15, 0.2) is 5.78 Å². The summed E-state index contributed by atoms with van der Waals surface area (Å²) in [5.41, 5.74) is 13.0. The molecule has 0 spiro atoms. The molecule has 2 aliphatic carbocycles. The molecule has 13 rings (SSSR count). The number of rotatable bonds is 2. The summed E-state index contributed by atoms with van der Waals surface area (Å²) in [5.74, 6) is -0.0171. The van der Waals surface area contributed by atoms with Crippen molar-refractivity contribution in [3.05, 3.63) is 159 Å². The molecule has 1 amide bonds. The fourth-order valence-electron chi connectivity index (χ4n) is 9.31. The third kappa shape index (κ3) is 7.35. The van der Waals surface area contributed by atoms with Crippen LogP contribution in [0, 0.1) is 0 Å². The maximum Gasteiger partial charge on any atom is 0.277 e. The molecule has 3 aliphatic rings. The average Bonchev–Trinajstić information content (AvgIpc) is 4.05. The summed E-state index contributed by atoms with van der Waals surface area (Å²) < 4.78 is 0. The number of H-pyrrole nitrogens is 3. The topological polar surface area (TPSA) is 174 Å². The summed E-state index contributed by atoms with van der Waals surface area (Å²) >= 11 is 12.1. The number of Topliss-reactive ketones (excluding diaryl/α,β-unsaturated/α-hetero) is 1. The largest absolute Gasteiger partial charge is 0.411 e. The number of carbonyl (C=O) groups excluding carboxylic acids is 2. The number of hydrogen-bond donors (Lipinski definition) is 5. The lowest BCUT2D eigenvalue weighted by molar-refractivity contribution is 0.0145. The molecule has 1 aliphatic heterocycles. The lowest BCUT2D eigenvalue weighted by Gasteiger charge is -2.11. The van der Waals surface area contributed by atoms with Crippen LogP contribution in [0.3, 0.4) is 0 Å². The molecule has 10 aromatic rings. The smallest absolute Gasteiger partial charge is 0.277 e. The van der Waals surface area contributed by atoms with E-state index in [-0.39, 0.29) is 18.3 Å². The van der Waals surface area contributed by atoms with E-state index in [0.717, 1.165) is 137 Å². The van der Waals surface area contributed by atoms with E-state index in [1.165, 1.54) is 0 Å². The summed E-state index contributed by atoms with van der Waals surface area (Å²) in [6, 6.07) is 28.0. The minimum atomic E-state index is -0.236. The number of carbonyl (C=O) groups is 2. The first kappa shape index (κ1) is 40.4. The van der Waals surface area contributed by atoms with Crippen LogP contribution in [-0.2, 0) is 24.3 Å². The summed E-state index contributed by atoms with van der Waals surface area (Å²) in [5, 5.41) is 22.9. The van der Waals surface area contributed by atoms with Crippen LogP contribution in [0.1, 0.15) is 80.3 Å². The SMILES string of the molecule is O=C1CCCc2nc3c(ccc4c[nH]c(Cl)cc43)c21.O=C1NOCc2nc3c(ccc4c[nH]c(/C=C/c5ccccc5)cc43)c21.ON=C1CCCc2nc3c(ccc4c[nH]c(Cl)cc43)c21. The Labute approximate surface area is 380 Å². The number of hydroxylamine groups is 1. The molecule has 12 nitrogen and oxygen atoms in total. The van der Waals surface area contributed by atoms with E-state index in [1.807, 2.05) is 91.4 Å². The number of fused-ring (bicyclic) bond motifs is 15. The van der Waals surface area contributed by atoms with Crippen LogP contribution in [0.4, 0.5) is 0 Å². The fraction of sp³-hybridized carbons (Fsp3) is 0.137. The summed E-state index contributed by atoms with van der Waals surface area (Å²) in [6.07, 6.45) is 14.9. The molecule has 4 aromatic carbocycles. The van der Waals surface area contributed by atoms with Crippen LogP contribution in [-0.4, -0.2) is 52.5 Å². The van der Waals surface area contributed by atoms with E-state index in [2.05, 4.69) is 59.8 Å². The molecule has 7 heterocycles. The zero-order chi connectivity index (χ0) is 44.2. The van der Waals surface area contributed by atoms with Crippen LogP contribution in [0.5, 0.6) is 0 Å². The van der Waals surface area contributed by atoms with Gasteiger partial charge in [0.25, 0.3) is 5.91 Å². The van der Waals surface area contributed by atoms with Crippen molar-refractivity contribution in [3.63, 3.8) is 0 Å². The van der Waals surface area contributed by atoms with Crippen LogP contribution < -0.4 is 5.48 Å². The average molecular weight is 898 g/mol. The van der Waals surface area contributed by atoms with Crippen molar-refractivity contribution in [1.29, 1.82) is 0 Å². The third-order valence-corrected chi connectivity index (χ3v) is 12.8. The molecule has 0 saturated carbocycles. The molecule has 0 saturated heterocycles. The first-order valence-corrected chi connectivity index (χ1v) is 22.1. The standard InChI is InChI=1S/C21H15N3O2.C15H12ClN3O.C15H11ClN2O/c25-21-19-16-9-7-14-11-22-15(8-6-13-4-2-1-3-5-13)10-17(14)20(16)23-18(19)12-26-24-21;16-13-6-10-8(7-17-13)4-5-9-14-11(18-15(9)10)2-1-3-12(14)19-20;16-13-6-10-8(7-17-13)4-5-9-14-11(18-15(9)10)2-1-3-12(14)19/h1-11,22H,12H2,(H,24,25);4-7,17,20H,1-3H2;4-7,17H,1-3H2/b8-6+;;. The number of oxime groups is 1. The van der Waals surface area contributed by atoms with E-state index >= 15 is 0 Å². The van der Waals surface area contributed by atoms with Gasteiger partial charge in [-0.25, -0.2) is 10.5 Å². The number of benzene rings is 4. The van der Waals surface area contributed by atoms with E-state index in [0.29, 0.717) is 28.0 Å². The van der Waals surface area contributed by atoms with Crippen molar-refractivity contribution in [1.82, 2.24) is 35.4 Å².